The van der Waals surface area contributed by atoms with Crippen LogP contribution in [0.15, 0.2) is 53.3 Å². The number of aliphatic hydroxyl groups is 3. The fourth-order valence-corrected chi connectivity index (χ4v) is 6.53. The lowest BCUT2D eigenvalue weighted by Crippen LogP contribution is -2.65. The molecule has 3 aliphatic carbocycles. The number of amides is 1. The fourth-order valence-electron chi connectivity index (χ4n) is 6.53. The number of ketones is 2. The quantitative estimate of drug-likeness (QED) is 0.326. The monoisotopic (exact) mass is 577 g/mol. The summed E-state index contributed by atoms with van der Waals surface area (Å²) in [6.07, 6.45) is 0.518. The lowest BCUT2D eigenvalue weighted by molar-refractivity contribution is -0.191. The van der Waals surface area contributed by atoms with Crippen molar-refractivity contribution >= 4 is 35.1 Å². The Bertz CT molecular complexity index is 1590. The van der Waals surface area contributed by atoms with Gasteiger partial charge in [-0.3, -0.25) is 19.3 Å². The third kappa shape index (κ3) is 4.37. The molecule has 42 heavy (non-hydrogen) atoms. The number of Topliss-reactive ketones (excluding diaryl/α,β-unsaturated/α-hetero) is 2. The molecule has 0 spiro atoms. The van der Waals surface area contributed by atoms with E-state index in [9.17, 15) is 34.8 Å². The Labute approximate surface area is 241 Å². The minimum absolute atomic E-state index is 0.0415. The summed E-state index contributed by atoms with van der Waals surface area (Å²) >= 11 is 0. The van der Waals surface area contributed by atoms with E-state index >= 15 is 0 Å². The second-order valence-electron chi connectivity index (χ2n) is 11.0. The smallest absolute Gasteiger partial charge is 0.373 e. The van der Waals surface area contributed by atoms with Crippen LogP contribution in [0, 0.1) is 11.8 Å². The van der Waals surface area contributed by atoms with E-state index in [1.165, 1.54) is 4.90 Å². The van der Waals surface area contributed by atoms with Gasteiger partial charge in [0.2, 0.25) is 5.78 Å². The normalized spacial score (nSPS) is 24.7. The Balaban J connectivity index is 0.00000129. The molecule has 0 unspecified atom stereocenters. The van der Waals surface area contributed by atoms with Crippen molar-refractivity contribution in [1.29, 1.82) is 0 Å². The van der Waals surface area contributed by atoms with E-state index in [1.807, 2.05) is 55.4 Å². The number of carbonyl (C=O) groups is 3. The molecule has 1 fully saturated rings. The number of carbonyl (C=O) groups excluding carboxylic acids is 5. The third-order valence-corrected chi connectivity index (χ3v) is 8.26. The molecule has 6 N–H and O–H groups in total. The number of nitrogens with zero attached hydrogens (tertiary/aromatic N) is 2. The van der Waals surface area contributed by atoms with Crippen molar-refractivity contribution in [2.24, 2.45) is 17.6 Å². The molecule has 1 amide bonds. The van der Waals surface area contributed by atoms with Gasteiger partial charge in [0.25, 0.3) is 5.91 Å². The standard InChI is InChI=1S/C29H31N3O7.CO2/c1-31(2)18-12-15(13-8-6-5-7-9-13)23(33)20-16(18)10-14-11-17-22(32(3)4)25(35)21(28(30)38)27(37)29(17,39)26(36)19(14)24(20)34;2-1-3/h5-9,12,14,17,22,33-34,37,39H,10-11H2,1-4H3,(H2,30,38);/t14-,17-,22-,29-;/m0./s1. The highest BCUT2D eigenvalue weighted by Crippen LogP contribution is 2.54. The molecule has 3 aliphatic rings. The highest BCUT2D eigenvalue weighted by atomic mass is 16.3. The topological polar surface area (TPSA) is 199 Å². The van der Waals surface area contributed by atoms with Crippen LogP contribution in [0.3, 0.4) is 0 Å². The number of nitrogens with two attached hydrogens (primary N) is 1. The second-order valence-corrected chi connectivity index (χ2v) is 11.0. The number of primary amides is 1. The SMILES string of the molecule is CN(C)c1cc(-c2ccccc2)c(O)c2c1C[C@H]1C[C@H]3[C@H](N(C)C)C(=O)C(C(N)=O)=C(O)[C@@]3(O)C(=O)C1=C2O.O=C=O. The first-order valence-corrected chi connectivity index (χ1v) is 13.0. The van der Waals surface area contributed by atoms with Crippen molar-refractivity contribution in [3.05, 3.63) is 64.4 Å². The van der Waals surface area contributed by atoms with Crippen LogP contribution in [0.25, 0.3) is 16.9 Å². The molecule has 12 nitrogen and oxygen atoms in total. The summed E-state index contributed by atoms with van der Waals surface area (Å²) in [6, 6.07) is 9.79. The number of benzene rings is 2. The Morgan fingerprint density at radius 2 is 1.64 bits per heavy atom. The molecule has 1 saturated carbocycles. The molecule has 4 atom stereocenters. The Hall–Kier alpha value is -4.77. The Kier molecular flexibility index (Phi) is 7.84. The van der Waals surface area contributed by atoms with Gasteiger partial charge in [0.05, 0.1) is 11.6 Å². The first-order valence-electron chi connectivity index (χ1n) is 13.0. The van der Waals surface area contributed by atoms with E-state index in [-0.39, 0.29) is 35.9 Å². The van der Waals surface area contributed by atoms with Gasteiger partial charge in [-0.2, -0.15) is 9.59 Å². The van der Waals surface area contributed by atoms with E-state index < -0.39 is 58.0 Å². The highest BCUT2D eigenvalue weighted by Gasteiger charge is 2.64. The van der Waals surface area contributed by atoms with Crippen molar-refractivity contribution < 1.29 is 44.4 Å². The van der Waals surface area contributed by atoms with Crippen LogP contribution < -0.4 is 10.6 Å². The average molecular weight is 578 g/mol. The number of phenolic OH excluding ortho intramolecular Hbond substituents is 1. The first-order chi connectivity index (χ1) is 19.7. The molecule has 0 radical (unpaired) electrons. The van der Waals surface area contributed by atoms with Gasteiger partial charge < -0.3 is 31.1 Å². The van der Waals surface area contributed by atoms with Crippen LogP contribution in [0.4, 0.5) is 5.69 Å². The molecule has 0 aromatic heterocycles. The lowest BCUT2D eigenvalue weighted by atomic mass is 9.57. The minimum Gasteiger partial charge on any atom is -0.508 e. The summed E-state index contributed by atoms with van der Waals surface area (Å²) in [7, 11) is 6.80. The molecule has 0 heterocycles. The van der Waals surface area contributed by atoms with Gasteiger partial charge in [0, 0.05) is 36.8 Å². The van der Waals surface area contributed by atoms with Gasteiger partial charge in [-0.25, -0.2) is 0 Å². The van der Waals surface area contributed by atoms with Crippen LogP contribution in [0.2, 0.25) is 0 Å². The second kappa shape index (κ2) is 10.9. The van der Waals surface area contributed by atoms with E-state index in [4.69, 9.17) is 15.3 Å². The van der Waals surface area contributed by atoms with Gasteiger partial charge in [0.1, 0.15) is 22.8 Å². The van der Waals surface area contributed by atoms with Crippen LogP contribution in [-0.2, 0) is 30.4 Å². The zero-order valence-corrected chi connectivity index (χ0v) is 23.4. The summed E-state index contributed by atoms with van der Waals surface area (Å²) in [5, 5.41) is 45.7. The predicted octanol–water partition coefficient (Wildman–Crippen LogP) is 1.11. The Morgan fingerprint density at radius 3 is 2.17 bits per heavy atom. The van der Waals surface area contributed by atoms with Gasteiger partial charge in [-0.05, 0) is 50.0 Å². The van der Waals surface area contributed by atoms with Crippen molar-refractivity contribution in [3.8, 4) is 16.9 Å². The van der Waals surface area contributed by atoms with Crippen molar-refractivity contribution in [2.75, 3.05) is 33.1 Å². The van der Waals surface area contributed by atoms with E-state index in [2.05, 4.69) is 0 Å². The van der Waals surface area contributed by atoms with Gasteiger partial charge >= 0.3 is 6.15 Å². The number of hydrogen-bond acceptors (Lipinski definition) is 11. The number of hydrogen-bond donors (Lipinski definition) is 5. The maximum Gasteiger partial charge on any atom is 0.373 e. The number of rotatable bonds is 4. The lowest BCUT2D eigenvalue weighted by Gasteiger charge is -2.50. The van der Waals surface area contributed by atoms with Gasteiger partial charge in [-0.1, -0.05) is 30.3 Å². The molecule has 2 aromatic rings. The zero-order chi connectivity index (χ0) is 31.3. The average Bonchev–Trinajstić information content (AvgIpc) is 2.91. The van der Waals surface area contributed by atoms with Gasteiger partial charge in [0.15, 0.2) is 11.4 Å². The van der Waals surface area contributed by atoms with E-state index in [0.29, 0.717) is 16.7 Å². The number of aliphatic hydroxyl groups excluding tert-OH is 2. The summed E-state index contributed by atoms with van der Waals surface area (Å²) in [4.78, 5) is 59.0. The number of phenols is 1. The fraction of sp³-hybridized carbons (Fsp3) is 0.333. The molecule has 2 aromatic carbocycles. The molecule has 220 valence electrons. The molecular formula is C30H31N3O9. The molecule has 0 bridgehead atoms. The Morgan fingerprint density at radius 1 is 1.05 bits per heavy atom. The van der Waals surface area contributed by atoms with Crippen LogP contribution in [0.1, 0.15) is 17.5 Å². The van der Waals surface area contributed by atoms with Crippen molar-refractivity contribution in [3.63, 3.8) is 0 Å². The van der Waals surface area contributed by atoms with Crippen molar-refractivity contribution in [2.45, 2.75) is 24.5 Å². The van der Waals surface area contributed by atoms with Crippen LogP contribution in [-0.4, -0.2) is 88.8 Å². The molecular weight excluding hydrogens is 546 g/mol. The first kappa shape index (κ1) is 30.2. The van der Waals surface area contributed by atoms with Crippen molar-refractivity contribution in [1.82, 2.24) is 4.90 Å². The van der Waals surface area contributed by atoms with Gasteiger partial charge in [-0.15, -0.1) is 0 Å². The van der Waals surface area contributed by atoms with Crippen LogP contribution in [0.5, 0.6) is 5.75 Å². The summed E-state index contributed by atoms with van der Waals surface area (Å²) in [5.74, 6) is -6.66. The molecule has 5 rings (SSSR count). The molecule has 0 aliphatic heterocycles. The maximum atomic E-state index is 14.0. The number of aromatic hydroxyl groups is 1. The van der Waals surface area contributed by atoms with E-state index in [0.717, 1.165) is 5.69 Å². The minimum atomic E-state index is -2.67. The van der Waals surface area contributed by atoms with E-state index in [1.54, 1.807) is 14.1 Å². The number of fused-ring (bicyclic) bond motifs is 3. The summed E-state index contributed by atoms with van der Waals surface area (Å²) < 4.78 is 0. The zero-order valence-electron chi connectivity index (χ0n) is 23.4. The number of anilines is 1. The maximum absolute atomic E-state index is 14.0. The number of likely N-dealkylation sites (N-methyl/N-ethyl adjacent to an activating group) is 1. The third-order valence-electron chi connectivity index (χ3n) is 8.26. The summed E-state index contributed by atoms with van der Waals surface area (Å²) in [5.41, 5.74) is 4.25. The highest BCUT2D eigenvalue weighted by molar-refractivity contribution is 6.24. The molecule has 12 heteroatoms. The van der Waals surface area contributed by atoms with Crippen LogP contribution >= 0.6 is 0 Å². The largest absolute Gasteiger partial charge is 0.508 e. The molecule has 0 saturated heterocycles. The predicted molar refractivity (Wildman–Crippen MR) is 149 cm³/mol. The summed E-state index contributed by atoms with van der Waals surface area (Å²) in [6.45, 7) is 0.